The lowest BCUT2D eigenvalue weighted by Gasteiger charge is -2.09. The molecule has 5 nitrogen and oxygen atoms in total. The molecule has 1 amide bonds. The van der Waals surface area contributed by atoms with Crippen LogP contribution in [0.2, 0.25) is 0 Å². The van der Waals surface area contributed by atoms with Gasteiger partial charge in [0.25, 0.3) is 0 Å². The predicted octanol–water partition coefficient (Wildman–Crippen LogP) is -0.687. The number of carboxylic acids is 1. The van der Waals surface area contributed by atoms with Crippen LogP contribution < -0.4 is 11.1 Å². The molecule has 0 fully saturated rings. The summed E-state index contributed by atoms with van der Waals surface area (Å²) in [6, 6.07) is -1.10. The summed E-state index contributed by atoms with van der Waals surface area (Å²) in [4.78, 5) is 21.1. The molecular weight excluding hydrogens is 160 g/mol. The van der Waals surface area contributed by atoms with E-state index in [1.807, 2.05) is 0 Å². The van der Waals surface area contributed by atoms with Gasteiger partial charge >= 0.3 is 5.97 Å². The zero-order chi connectivity index (χ0) is 9.72. The summed E-state index contributed by atoms with van der Waals surface area (Å²) in [7, 11) is 0. The largest absolute Gasteiger partial charge is 0.480 e. The number of nitrogens with two attached hydrogens (primary N) is 1. The van der Waals surface area contributed by atoms with Gasteiger partial charge < -0.3 is 16.2 Å². The lowest BCUT2D eigenvalue weighted by Crippen LogP contribution is -2.39. The fourth-order valence-corrected chi connectivity index (χ4v) is 0.668. The molecule has 0 heterocycles. The molecule has 0 rings (SSSR count). The van der Waals surface area contributed by atoms with Crippen molar-refractivity contribution in [3.05, 3.63) is 0 Å². The summed E-state index contributed by atoms with van der Waals surface area (Å²) in [5.74, 6) is -1.49. The first kappa shape index (κ1) is 10.9. The van der Waals surface area contributed by atoms with Gasteiger partial charge in [0, 0.05) is 6.04 Å². The minimum atomic E-state index is -1.16. The van der Waals surface area contributed by atoms with Crippen LogP contribution in [0.3, 0.4) is 0 Å². The van der Waals surface area contributed by atoms with Crippen molar-refractivity contribution in [2.45, 2.75) is 32.4 Å². The van der Waals surface area contributed by atoms with Crippen LogP contribution >= 0.6 is 0 Å². The summed E-state index contributed by atoms with van der Waals surface area (Å²) < 4.78 is 0. The van der Waals surface area contributed by atoms with Crippen LogP contribution in [0.25, 0.3) is 0 Å². The Labute approximate surface area is 70.9 Å². The lowest BCUT2D eigenvalue weighted by molar-refractivity contribution is -0.140. The molecule has 0 radical (unpaired) electrons. The third kappa shape index (κ3) is 4.68. The number of amides is 1. The molecule has 12 heavy (non-hydrogen) atoms. The Kier molecular flexibility index (Phi) is 4.28. The molecule has 70 valence electrons. The highest BCUT2D eigenvalue weighted by Crippen LogP contribution is 1.89. The van der Waals surface area contributed by atoms with Crippen LogP contribution in [0.1, 0.15) is 20.3 Å². The van der Waals surface area contributed by atoms with E-state index in [9.17, 15) is 9.59 Å². The number of carboxylic acid groups (broad SMARTS) is 1. The number of carbonyl (C=O) groups excluding carboxylic acids is 1. The second-order valence-electron chi connectivity index (χ2n) is 2.87. The summed E-state index contributed by atoms with van der Waals surface area (Å²) in [5, 5.41) is 10.9. The van der Waals surface area contributed by atoms with Gasteiger partial charge in [-0.05, 0) is 13.8 Å². The molecule has 0 aromatic rings. The first-order valence-corrected chi connectivity index (χ1v) is 3.71. The molecule has 0 unspecified atom stereocenters. The van der Waals surface area contributed by atoms with Gasteiger partial charge in [0.05, 0.1) is 6.42 Å². The van der Waals surface area contributed by atoms with Gasteiger partial charge in [-0.3, -0.25) is 9.59 Å². The second kappa shape index (κ2) is 4.71. The summed E-state index contributed by atoms with van der Waals surface area (Å²) in [6.07, 6.45) is -0.173. The molecule has 5 heteroatoms. The van der Waals surface area contributed by atoms with E-state index in [1.165, 1.54) is 0 Å². The van der Waals surface area contributed by atoms with Crippen molar-refractivity contribution < 1.29 is 14.7 Å². The highest BCUT2D eigenvalue weighted by molar-refractivity contribution is 5.84. The highest BCUT2D eigenvalue weighted by atomic mass is 16.4. The van der Waals surface area contributed by atoms with Crippen molar-refractivity contribution in [1.29, 1.82) is 0 Å². The van der Waals surface area contributed by atoms with E-state index in [0.29, 0.717) is 0 Å². The third-order valence-corrected chi connectivity index (χ3v) is 1.17. The van der Waals surface area contributed by atoms with Gasteiger partial charge in [-0.2, -0.15) is 0 Å². The van der Waals surface area contributed by atoms with E-state index >= 15 is 0 Å². The summed E-state index contributed by atoms with van der Waals surface area (Å²) >= 11 is 0. The van der Waals surface area contributed by atoms with Crippen molar-refractivity contribution in [3.8, 4) is 0 Å². The van der Waals surface area contributed by atoms with Crippen LogP contribution in [0.4, 0.5) is 0 Å². The van der Waals surface area contributed by atoms with Gasteiger partial charge in [0.2, 0.25) is 5.91 Å². The zero-order valence-electron chi connectivity index (χ0n) is 7.20. The van der Waals surface area contributed by atoms with Crippen molar-refractivity contribution in [2.75, 3.05) is 0 Å². The molecule has 0 aliphatic heterocycles. The molecule has 1 atom stereocenters. The summed E-state index contributed by atoms with van der Waals surface area (Å²) in [5.41, 5.74) is 5.13. The second-order valence-corrected chi connectivity index (χ2v) is 2.87. The van der Waals surface area contributed by atoms with Gasteiger partial charge in [0.15, 0.2) is 0 Å². The molecule has 0 aromatic heterocycles. The predicted molar refractivity (Wildman–Crippen MR) is 43.5 cm³/mol. The molecule has 0 bridgehead atoms. The number of carbonyl (C=O) groups is 2. The molecule has 0 saturated carbocycles. The first-order chi connectivity index (χ1) is 5.43. The van der Waals surface area contributed by atoms with Crippen molar-refractivity contribution in [2.24, 2.45) is 5.73 Å². The van der Waals surface area contributed by atoms with Gasteiger partial charge in [-0.15, -0.1) is 0 Å². The maximum Gasteiger partial charge on any atom is 0.321 e. The van der Waals surface area contributed by atoms with Crippen LogP contribution in [0.5, 0.6) is 0 Å². The number of hydrogen-bond acceptors (Lipinski definition) is 3. The van der Waals surface area contributed by atoms with Crippen LogP contribution in [-0.2, 0) is 9.59 Å². The SMILES string of the molecule is CC(C)NC(=O)C[C@H](N)C(=O)O. The molecular formula is C7H14N2O3. The van der Waals surface area contributed by atoms with E-state index in [2.05, 4.69) is 5.32 Å². The summed E-state index contributed by atoms with van der Waals surface area (Å²) in [6.45, 7) is 3.59. The monoisotopic (exact) mass is 174 g/mol. The number of nitrogens with one attached hydrogen (secondary N) is 1. The average Bonchev–Trinajstić information content (AvgIpc) is 1.84. The first-order valence-electron chi connectivity index (χ1n) is 3.71. The molecule has 0 aromatic carbocycles. The van der Waals surface area contributed by atoms with Crippen molar-refractivity contribution >= 4 is 11.9 Å². The Morgan fingerprint density at radius 2 is 2.00 bits per heavy atom. The maximum absolute atomic E-state index is 10.9. The van der Waals surface area contributed by atoms with Crippen LogP contribution in [0, 0.1) is 0 Å². The van der Waals surface area contributed by atoms with E-state index in [-0.39, 0.29) is 18.4 Å². The standard InChI is InChI=1S/C7H14N2O3/c1-4(2)9-6(10)3-5(8)7(11)12/h4-5H,3,8H2,1-2H3,(H,9,10)(H,11,12)/t5-/m0/s1. The topological polar surface area (TPSA) is 92.4 Å². The quantitative estimate of drug-likeness (QED) is 0.526. The van der Waals surface area contributed by atoms with Gasteiger partial charge in [-0.1, -0.05) is 0 Å². The molecule has 0 aliphatic rings. The number of hydrogen-bond donors (Lipinski definition) is 3. The normalized spacial score (nSPS) is 12.7. The number of aliphatic carboxylic acids is 1. The fourth-order valence-electron chi connectivity index (χ4n) is 0.668. The van der Waals surface area contributed by atoms with Crippen molar-refractivity contribution in [1.82, 2.24) is 5.32 Å². The Morgan fingerprint density at radius 1 is 1.50 bits per heavy atom. The van der Waals surface area contributed by atoms with Gasteiger partial charge in [-0.25, -0.2) is 0 Å². The molecule has 0 aliphatic carbocycles. The van der Waals surface area contributed by atoms with E-state index in [4.69, 9.17) is 10.8 Å². The van der Waals surface area contributed by atoms with Crippen LogP contribution in [0.15, 0.2) is 0 Å². The Balaban J connectivity index is 3.77. The van der Waals surface area contributed by atoms with Gasteiger partial charge in [0.1, 0.15) is 6.04 Å². The Bertz CT molecular complexity index is 179. The minimum Gasteiger partial charge on any atom is -0.480 e. The minimum absolute atomic E-state index is 0.0125. The number of rotatable bonds is 4. The fraction of sp³-hybridized carbons (Fsp3) is 0.714. The van der Waals surface area contributed by atoms with E-state index in [1.54, 1.807) is 13.8 Å². The highest BCUT2D eigenvalue weighted by Gasteiger charge is 2.16. The third-order valence-electron chi connectivity index (χ3n) is 1.17. The van der Waals surface area contributed by atoms with E-state index < -0.39 is 12.0 Å². The van der Waals surface area contributed by atoms with Crippen LogP contribution in [-0.4, -0.2) is 29.1 Å². The molecule has 0 saturated heterocycles. The average molecular weight is 174 g/mol. The Hall–Kier alpha value is -1.10. The maximum atomic E-state index is 10.9. The molecule has 0 spiro atoms. The van der Waals surface area contributed by atoms with E-state index in [0.717, 1.165) is 0 Å². The smallest absolute Gasteiger partial charge is 0.321 e. The lowest BCUT2D eigenvalue weighted by atomic mass is 10.2. The zero-order valence-corrected chi connectivity index (χ0v) is 7.20. The van der Waals surface area contributed by atoms with Crippen molar-refractivity contribution in [3.63, 3.8) is 0 Å². The Morgan fingerprint density at radius 3 is 2.33 bits per heavy atom. The molecule has 4 N–H and O–H groups in total.